The van der Waals surface area contributed by atoms with E-state index < -0.39 is 35.8 Å². The number of imidazole rings is 1. The zero-order valence-corrected chi connectivity index (χ0v) is 13.5. The smallest absolute Gasteiger partial charge is 0.333 e. The molecule has 1 saturated heterocycles. The topological polar surface area (TPSA) is 148 Å². The highest BCUT2D eigenvalue weighted by Crippen LogP contribution is 2.32. The maximum Gasteiger partial charge on any atom is 0.333 e. The number of fused-ring (bicyclic) bond motifs is 1. The van der Waals surface area contributed by atoms with Crippen molar-refractivity contribution in [1.29, 1.82) is 0 Å². The molecule has 4 atom stereocenters. The number of hydrogen-bond acceptors (Lipinski definition) is 7. The second-order valence-corrected chi connectivity index (χ2v) is 5.91. The molecule has 0 unspecified atom stereocenters. The maximum absolute atomic E-state index is 12.8. The number of aliphatic hydroxyl groups is 2. The molecule has 0 aromatic carbocycles. The van der Waals surface area contributed by atoms with Crippen molar-refractivity contribution in [2.45, 2.75) is 50.8 Å². The monoisotopic (exact) mass is 349 g/mol. The number of terminal acetylenes is 1. The van der Waals surface area contributed by atoms with Crippen LogP contribution in [0.4, 0.5) is 5.95 Å². The van der Waals surface area contributed by atoms with Gasteiger partial charge < -0.3 is 20.7 Å². The Hall–Kier alpha value is -2.61. The largest absolute Gasteiger partial charge is 0.390 e. The second kappa shape index (κ2) is 6.36. The first-order chi connectivity index (χ1) is 11.9. The number of aliphatic hydroxyl groups excluding tert-OH is 2. The van der Waals surface area contributed by atoms with Gasteiger partial charge in [-0.1, -0.05) is 12.8 Å². The van der Waals surface area contributed by atoms with Crippen LogP contribution in [0.25, 0.3) is 11.2 Å². The Morgan fingerprint density at radius 1 is 1.56 bits per heavy atom. The molecule has 0 bridgehead atoms. The van der Waals surface area contributed by atoms with Crippen molar-refractivity contribution in [2.24, 2.45) is 0 Å². The van der Waals surface area contributed by atoms with Gasteiger partial charge in [0.2, 0.25) is 5.95 Å². The molecular formula is C15H19N5O5. The maximum atomic E-state index is 12.8. The van der Waals surface area contributed by atoms with Crippen LogP contribution in [0.3, 0.4) is 0 Å². The van der Waals surface area contributed by atoms with Crippen molar-refractivity contribution in [3.8, 4) is 12.3 Å². The molecule has 5 N–H and O–H groups in total. The Balaban J connectivity index is 2.20. The second-order valence-electron chi connectivity index (χ2n) is 5.91. The highest BCUT2D eigenvalue weighted by Gasteiger charge is 2.40. The van der Waals surface area contributed by atoms with Gasteiger partial charge in [-0.3, -0.25) is 14.3 Å². The molecule has 0 radical (unpaired) electrons. The number of hydrogen-bond donors (Lipinski definition) is 4. The summed E-state index contributed by atoms with van der Waals surface area (Å²) in [5, 5.41) is 20.3. The lowest BCUT2D eigenvalue weighted by molar-refractivity contribution is -0.0759. The standard InChI is InChI=1S/C15H19N5O5/c1-3-5-19-10-11(17-14(16)18-12(10)23)20(15(19)24)13-8(22)6-9(25-13)7(21)4-2/h1,7-9,13,21-22H,4-6H2,2H3,(H3,16,17,18,23)/t7-,8-,9+,13-/m1/s1. The summed E-state index contributed by atoms with van der Waals surface area (Å²) in [6, 6.07) is 0. The normalized spacial score (nSPS) is 24.5. The minimum atomic E-state index is -1.10. The van der Waals surface area contributed by atoms with E-state index in [0.29, 0.717) is 6.42 Å². The highest BCUT2D eigenvalue weighted by atomic mass is 16.5. The van der Waals surface area contributed by atoms with Gasteiger partial charge >= 0.3 is 5.69 Å². The van der Waals surface area contributed by atoms with Gasteiger partial charge in [0.1, 0.15) is 6.10 Å². The lowest BCUT2D eigenvalue weighted by Gasteiger charge is -2.18. The molecular weight excluding hydrogens is 330 g/mol. The molecule has 0 spiro atoms. The first-order valence-electron chi connectivity index (χ1n) is 7.84. The van der Waals surface area contributed by atoms with Crippen molar-refractivity contribution in [2.75, 3.05) is 5.73 Å². The van der Waals surface area contributed by atoms with Crippen LogP contribution in [-0.2, 0) is 11.3 Å². The molecule has 25 heavy (non-hydrogen) atoms. The summed E-state index contributed by atoms with van der Waals surface area (Å²) >= 11 is 0. The van der Waals surface area contributed by atoms with E-state index in [-0.39, 0.29) is 30.1 Å². The van der Waals surface area contributed by atoms with Gasteiger partial charge in [-0.05, 0) is 6.42 Å². The van der Waals surface area contributed by atoms with Crippen LogP contribution in [0.1, 0.15) is 26.0 Å². The Bertz CT molecular complexity index is 952. The number of aromatic amines is 1. The number of ether oxygens (including phenoxy) is 1. The number of aromatic nitrogens is 4. The molecule has 1 aliphatic rings. The average molecular weight is 349 g/mol. The lowest BCUT2D eigenvalue weighted by atomic mass is 10.1. The van der Waals surface area contributed by atoms with Crippen molar-refractivity contribution in [1.82, 2.24) is 19.1 Å². The van der Waals surface area contributed by atoms with E-state index >= 15 is 0 Å². The third kappa shape index (κ3) is 2.72. The van der Waals surface area contributed by atoms with Crippen LogP contribution in [-0.4, -0.2) is 47.6 Å². The molecule has 0 saturated carbocycles. The van der Waals surface area contributed by atoms with Gasteiger partial charge in [0, 0.05) is 6.42 Å². The molecule has 1 aliphatic heterocycles. The minimum absolute atomic E-state index is 0.0304. The number of nitrogens with one attached hydrogen (secondary N) is 1. The summed E-state index contributed by atoms with van der Waals surface area (Å²) in [7, 11) is 0. The zero-order chi connectivity index (χ0) is 18.3. The average Bonchev–Trinajstić information content (AvgIpc) is 3.05. The van der Waals surface area contributed by atoms with Crippen LogP contribution in [0, 0.1) is 12.3 Å². The summed E-state index contributed by atoms with van der Waals surface area (Å²) in [6.07, 6.45) is 2.28. The van der Waals surface area contributed by atoms with Gasteiger partial charge in [-0.15, -0.1) is 6.42 Å². The summed E-state index contributed by atoms with van der Waals surface area (Å²) in [5.41, 5.74) is 4.24. The number of nitrogens with two attached hydrogens (primary N) is 1. The van der Waals surface area contributed by atoms with Gasteiger partial charge in [-0.2, -0.15) is 4.98 Å². The van der Waals surface area contributed by atoms with E-state index in [1.807, 2.05) is 0 Å². The van der Waals surface area contributed by atoms with Gasteiger partial charge in [0.15, 0.2) is 17.4 Å². The fourth-order valence-electron chi connectivity index (χ4n) is 3.09. The summed E-state index contributed by atoms with van der Waals surface area (Å²) in [6.45, 7) is 1.63. The van der Waals surface area contributed by atoms with E-state index in [1.165, 1.54) is 0 Å². The fourth-order valence-corrected chi connectivity index (χ4v) is 3.09. The van der Waals surface area contributed by atoms with E-state index in [4.69, 9.17) is 16.9 Å². The quantitative estimate of drug-likeness (QED) is 0.492. The molecule has 10 nitrogen and oxygen atoms in total. The fraction of sp³-hybridized carbons (Fsp3) is 0.533. The first kappa shape index (κ1) is 17.2. The lowest BCUT2D eigenvalue weighted by Crippen LogP contribution is -2.32. The number of nitrogen functional groups attached to an aromatic ring is 1. The minimum Gasteiger partial charge on any atom is -0.390 e. The summed E-state index contributed by atoms with van der Waals surface area (Å²) < 4.78 is 7.81. The van der Waals surface area contributed by atoms with Crippen molar-refractivity contribution in [3.63, 3.8) is 0 Å². The summed E-state index contributed by atoms with van der Waals surface area (Å²) in [5.74, 6) is 2.13. The van der Waals surface area contributed by atoms with E-state index in [2.05, 4.69) is 15.9 Å². The van der Waals surface area contributed by atoms with Crippen LogP contribution in [0.2, 0.25) is 0 Å². The molecule has 3 heterocycles. The molecule has 0 aliphatic carbocycles. The highest BCUT2D eigenvalue weighted by molar-refractivity contribution is 5.72. The number of rotatable bonds is 4. The van der Waals surface area contributed by atoms with Crippen LogP contribution in [0.5, 0.6) is 0 Å². The van der Waals surface area contributed by atoms with E-state index in [9.17, 15) is 19.8 Å². The number of nitrogens with zero attached hydrogens (tertiary/aromatic N) is 3. The number of H-pyrrole nitrogens is 1. The van der Waals surface area contributed by atoms with Crippen LogP contribution < -0.4 is 17.0 Å². The van der Waals surface area contributed by atoms with Gasteiger partial charge in [0.25, 0.3) is 5.56 Å². The van der Waals surface area contributed by atoms with Gasteiger partial charge in [0.05, 0.1) is 18.8 Å². The molecule has 0 amide bonds. The molecule has 3 rings (SSSR count). The Morgan fingerprint density at radius 2 is 2.28 bits per heavy atom. The SMILES string of the molecule is C#CCn1c(=O)n([C@@H]2O[C@H]([C@H](O)CC)C[C@H]2O)c2nc(N)[nH]c(=O)c21. The molecule has 10 heteroatoms. The third-order valence-electron chi connectivity index (χ3n) is 4.30. The summed E-state index contributed by atoms with van der Waals surface area (Å²) in [4.78, 5) is 31.3. The predicted molar refractivity (Wildman–Crippen MR) is 88.7 cm³/mol. The molecule has 134 valence electrons. The van der Waals surface area contributed by atoms with Crippen molar-refractivity contribution < 1.29 is 14.9 Å². The van der Waals surface area contributed by atoms with E-state index in [0.717, 1.165) is 9.13 Å². The van der Waals surface area contributed by atoms with Gasteiger partial charge in [-0.25, -0.2) is 9.36 Å². The third-order valence-corrected chi connectivity index (χ3v) is 4.30. The molecule has 2 aromatic rings. The Labute approximate surface area is 141 Å². The predicted octanol–water partition coefficient (Wildman–Crippen LogP) is -1.48. The number of anilines is 1. The van der Waals surface area contributed by atoms with E-state index in [1.54, 1.807) is 6.92 Å². The first-order valence-corrected chi connectivity index (χ1v) is 7.84. The molecule has 1 fully saturated rings. The van der Waals surface area contributed by atoms with Crippen molar-refractivity contribution >= 4 is 17.1 Å². The van der Waals surface area contributed by atoms with Crippen LogP contribution in [0.15, 0.2) is 9.59 Å². The molecule has 2 aromatic heterocycles. The van der Waals surface area contributed by atoms with Crippen molar-refractivity contribution in [3.05, 3.63) is 20.8 Å². The Morgan fingerprint density at radius 3 is 2.92 bits per heavy atom. The van der Waals surface area contributed by atoms with Crippen LogP contribution >= 0.6 is 0 Å². The Kier molecular flexibility index (Phi) is 4.38. The zero-order valence-electron chi connectivity index (χ0n) is 13.5.